The largest absolute Gasteiger partial charge is 0.372 e. The van der Waals surface area contributed by atoms with Crippen LogP contribution in [0.4, 0.5) is 15.8 Å². The molecule has 4 heterocycles. The topological polar surface area (TPSA) is 89.6 Å². The number of aromatic amines is 1. The molecule has 5 aromatic rings. The Bertz CT molecular complexity index is 1950. The first-order valence-corrected chi connectivity index (χ1v) is 18.7. The molecular weight excluding hydrogens is 654 g/mol. The molecule has 0 radical (unpaired) electrons. The van der Waals surface area contributed by atoms with Crippen molar-refractivity contribution >= 4 is 28.8 Å². The second-order valence-corrected chi connectivity index (χ2v) is 14.5. The summed E-state index contributed by atoms with van der Waals surface area (Å²) in [5, 5.41) is 8.25. The minimum Gasteiger partial charge on any atom is -0.372 e. The molecule has 7 rings (SSSR count). The maximum atomic E-state index is 15.2. The summed E-state index contributed by atoms with van der Waals surface area (Å²) >= 11 is 0. The van der Waals surface area contributed by atoms with E-state index in [4.69, 9.17) is 4.84 Å². The van der Waals surface area contributed by atoms with Crippen molar-refractivity contribution in [1.29, 1.82) is 0 Å². The van der Waals surface area contributed by atoms with Gasteiger partial charge in [-0.15, -0.1) is 0 Å². The molecule has 2 aliphatic heterocycles. The second-order valence-electron chi connectivity index (χ2n) is 14.5. The Morgan fingerprint density at radius 3 is 2.44 bits per heavy atom. The van der Waals surface area contributed by atoms with Crippen LogP contribution in [0.1, 0.15) is 55.2 Å². The molecule has 0 aliphatic carbocycles. The van der Waals surface area contributed by atoms with Gasteiger partial charge in [-0.25, -0.2) is 14.9 Å². The molecule has 0 unspecified atom stereocenters. The van der Waals surface area contributed by atoms with Crippen molar-refractivity contribution in [3.8, 4) is 22.4 Å². The van der Waals surface area contributed by atoms with Gasteiger partial charge in [-0.3, -0.25) is 14.7 Å². The fraction of sp³-hybridized carbons (Fsp3) is 0.405. The highest BCUT2D eigenvalue weighted by atomic mass is 19.1. The third kappa shape index (κ3) is 7.98. The summed E-state index contributed by atoms with van der Waals surface area (Å²) in [4.78, 5) is 27.3. The van der Waals surface area contributed by atoms with E-state index in [0.717, 1.165) is 71.8 Å². The van der Waals surface area contributed by atoms with Gasteiger partial charge >= 0.3 is 0 Å². The molecule has 2 aliphatic rings. The minimum absolute atomic E-state index is 0.239. The summed E-state index contributed by atoms with van der Waals surface area (Å²) in [6, 6.07) is 23.4. The maximum absolute atomic E-state index is 15.2. The zero-order valence-corrected chi connectivity index (χ0v) is 30.6. The Labute approximate surface area is 306 Å². The second kappa shape index (κ2) is 16.3. The number of benzene rings is 3. The van der Waals surface area contributed by atoms with Crippen LogP contribution in [0.15, 0.2) is 72.9 Å². The molecule has 2 aromatic heterocycles. The van der Waals surface area contributed by atoms with Gasteiger partial charge in [0, 0.05) is 67.3 Å². The molecule has 3 aromatic carbocycles. The maximum Gasteiger partial charge on any atom is 0.230 e. The van der Waals surface area contributed by atoms with Gasteiger partial charge in [-0.05, 0) is 129 Å². The molecule has 2 saturated heterocycles. The van der Waals surface area contributed by atoms with E-state index in [2.05, 4.69) is 90.0 Å². The number of fused-ring (bicyclic) bond motifs is 1. The summed E-state index contributed by atoms with van der Waals surface area (Å²) < 4.78 is 15.2. The molecule has 2 fully saturated rings. The van der Waals surface area contributed by atoms with Crippen LogP contribution in [0, 0.1) is 18.7 Å². The van der Waals surface area contributed by atoms with Crippen molar-refractivity contribution in [2.24, 2.45) is 5.92 Å². The van der Waals surface area contributed by atoms with Crippen LogP contribution in [0.2, 0.25) is 0 Å². The highest BCUT2D eigenvalue weighted by molar-refractivity contribution is 5.93. The number of nitrogens with one attached hydrogen (secondary N) is 2. The van der Waals surface area contributed by atoms with Crippen LogP contribution in [-0.2, 0) is 16.1 Å². The lowest BCUT2D eigenvalue weighted by Crippen LogP contribution is -2.41. The number of halogens is 1. The van der Waals surface area contributed by atoms with Crippen molar-refractivity contribution in [1.82, 2.24) is 25.6 Å². The molecule has 0 atom stereocenters. The van der Waals surface area contributed by atoms with Gasteiger partial charge in [0.05, 0.1) is 12.3 Å². The zero-order chi connectivity index (χ0) is 36.0. The van der Waals surface area contributed by atoms with Crippen LogP contribution in [-0.4, -0.2) is 79.4 Å². The van der Waals surface area contributed by atoms with E-state index in [0.29, 0.717) is 42.4 Å². The third-order valence-corrected chi connectivity index (χ3v) is 11.2. The number of carbonyl (C=O) groups excluding carboxylic acids is 1. The number of nitrogens with zero attached hydrogens (tertiary/aromatic N) is 5. The van der Waals surface area contributed by atoms with Crippen molar-refractivity contribution in [2.45, 2.75) is 51.9 Å². The quantitative estimate of drug-likeness (QED) is 0.0746. The van der Waals surface area contributed by atoms with Crippen LogP contribution < -0.4 is 15.3 Å². The monoisotopic (exact) mass is 703 g/mol. The predicted molar refractivity (Wildman–Crippen MR) is 207 cm³/mol. The minimum atomic E-state index is -0.239. The SMILES string of the molecule is CCc1cc(F)c(-c2[nH]nc3ncc(-c4ccc(C5CCN(CC6CCN(c7ccc(N(C)CCONC=O)cc7)CC6)CC5)cc4)cc23)cc1C. The molecule has 272 valence electrons. The van der Waals surface area contributed by atoms with E-state index < -0.39 is 0 Å². The molecule has 0 saturated carbocycles. The van der Waals surface area contributed by atoms with Gasteiger partial charge in [0.2, 0.25) is 6.41 Å². The summed E-state index contributed by atoms with van der Waals surface area (Å²) in [7, 11) is 2.03. The first-order chi connectivity index (χ1) is 25.4. The molecule has 9 nitrogen and oxygen atoms in total. The number of amides is 1. The number of rotatable bonds is 13. The van der Waals surface area contributed by atoms with E-state index in [9.17, 15) is 4.79 Å². The summed E-state index contributed by atoms with van der Waals surface area (Å²) in [5.74, 6) is 1.08. The number of piperidine rings is 2. The average molecular weight is 704 g/mol. The van der Waals surface area contributed by atoms with Crippen molar-refractivity contribution in [2.75, 3.05) is 62.7 Å². The number of anilines is 2. The Morgan fingerprint density at radius 1 is 0.981 bits per heavy atom. The lowest BCUT2D eigenvalue weighted by atomic mass is 9.87. The Hall–Kier alpha value is -4.80. The lowest BCUT2D eigenvalue weighted by molar-refractivity contribution is -0.120. The third-order valence-electron chi connectivity index (χ3n) is 11.2. The number of carbonyl (C=O) groups is 1. The van der Waals surface area contributed by atoms with Crippen LogP contribution in [0.3, 0.4) is 0 Å². The number of likely N-dealkylation sites (tertiary alicyclic amines) is 1. The average Bonchev–Trinajstić information content (AvgIpc) is 3.61. The first-order valence-electron chi connectivity index (χ1n) is 18.7. The number of aromatic nitrogens is 3. The fourth-order valence-electron chi connectivity index (χ4n) is 8.02. The molecule has 1 amide bonds. The summed E-state index contributed by atoms with van der Waals surface area (Å²) in [6.45, 7) is 10.9. The highest BCUT2D eigenvalue weighted by Crippen LogP contribution is 2.35. The van der Waals surface area contributed by atoms with Crippen molar-refractivity contribution < 1.29 is 14.0 Å². The summed E-state index contributed by atoms with van der Waals surface area (Å²) in [6.07, 6.45) is 8.03. The van der Waals surface area contributed by atoms with E-state index in [1.165, 1.54) is 43.5 Å². The number of pyridine rings is 1. The normalized spacial score (nSPS) is 16.0. The van der Waals surface area contributed by atoms with Crippen LogP contribution in [0.25, 0.3) is 33.4 Å². The molecule has 0 bridgehead atoms. The van der Waals surface area contributed by atoms with Crippen LogP contribution >= 0.6 is 0 Å². The van der Waals surface area contributed by atoms with Gasteiger partial charge in [0.1, 0.15) is 5.82 Å². The predicted octanol–water partition coefficient (Wildman–Crippen LogP) is 7.51. The lowest BCUT2D eigenvalue weighted by Gasteiger charge is -2.38. The van der Waals surface area contributed by atoms with Gasteiger partial charge in [0.25, 0.3) is 0 Å². The number of hydrogen-bond donors (Lipinski definition) is 2. The first kappa shape index (κ1) is 35.6. The number of aryl methyl sites for hydroxylation is 2. The standard InChI is InChI=1S/C42H50FN7O2/c1-4-31-25-40(43)38(23-29(31)2)41-39-24-35(26-44-42(39)47-46-41)33-7-5-32(6-8-33)34-15-17-49(18-16-34)27-30-13-19-50(20-14-30)37-11-9-36(10-12-37)48(3)21-22-52-45-28-51/h5-12,23-26,28,30,34H,4,13-22,27H2,1-3H3,(H,45,51)(H,44,46,47). The zero-order valence-electron chi connectivity index (χ0n) is 30.6. The smallest absolute Gasteiger partial charge is 0.230 e. The molecule has 2 N–H and O–H groups in total. The number of hydrogen-bond acceptors (Lipinski definition) is 7. The van der Waals surface area contributed by atoms with Gasteiger partial charge in [-0.2, -0.15) is 5.10 Å². The van der Waals surface area contributed by atoms with Gasteiger partial charge in [0.15, 0.2) is 5.65 Å². The Kier molecular flexibility index (Phi) is 11.1. The van der Waals surface area contributed by atoms with E-state index >= 15 is 4.39 Å². The molecule has 10 heteroatoms. The molecule has 0 spiro atoms. The number of H-pyrrole nitrogens is 1. The van der Waals surface area contributed by atoms with Gasteiger partial charge < -0.3 is 14.7 Å². The fourth-order valence-corrected chi connectivity index (χ4v) is 8.02. The Morgan fingerprint density at radius 2 is 1.73 bits per heavy atom. The van der Waals surface area contributed by atoms with E-state index in [1.807, 2.05) is 33.2 Å². The van der Waals surface area contributed by atoms with E-state index in [-0.39, 0.29) is 5.82 Å². The summed E-state index contributed by atoms with van der Waals surface area (Å²) in [5.41, 5.74) is 12.1. The highest BCUT2D eigenvalue weighted by Gasteiger charge is 2.26. The number of hydroxylamine groups is 1. The molecule has 52 heavy (non-hydrogen) atoms. The van der Waals surface area contributed by atoms with E-state index in [1.54, 1.807) is 6.07 Å². The molecular formula is C42H50FN7O2. The van der Waals surface area contributed by atoms with Crippen molar-refractivity contribution in [3.05, 3.63) is 95.4 Å². The number of likely N-dealkylation sites (N-methyl/N-ethyl adjacent to an activating group) is 1. The van der Waals surface area contributed by atoms with Gasteiger partial charge in [-0.1, -0.05) is 31.2 Å². The Balaban J connectivity index is 0.893. The van der Waals surface area contributed by atoms with Crippen LogP contribution in [0.5, 0.6) is 0 Å². The van der Waals surface area contributed by atoms with Crippen molar-refractivity contribution in [3.63, 3.8) is 0 Å².